The highest BCUT2D eigenvalue weighted by Crippen LogP contribution is 2.13. The molecule has 0 saturated heterocycles. The average molecular weight is 165 g/mol. The topological polar surface area (TPSA) is 46.2 Å². The Morgan fingerprint density at radius 1 is 1.42 bits per heavy atom. The van der Waals surface area contributed by atoms with Gasteiger partial charge in [-0.15, -0.1) is 0 Å². The minimum Gasteiger partial charge on any atom is -0.399 e. The van der Waals surface area contributed by atoms with Crippen LogP contribution in [0.15, 0.2) is 18.2 Å². The van der Waals surface area contributed by atoms with E-state index < -0.39 is 0 Å². The lowest BCUT2D eigenvalue weighted by Gasteiger charge is -2.03. The van der Waals surface area contributed by atoms with Crippen molar-refractivity contribution in [2.75, 3.05) is 12.3 Å². The van der Waals surface area contributed by atoms with Crippen molar-refractivity contribution in [3.05, 3.63) is 29.3 Å². The van der Waals surface area contributed by atoms with Gasteiger partial charge in [0.15, 0.2) is 0 Å². The monoisotopic (exact) mass is 165 g/mol. The number of aliphatic hydroxyl groups is 1. The quantitative estimate of drug-likeness (QED) is 0.667. The zero-order chi connectivity index (χ0) is 8.97. The molecule has 0 saturated carbocycles. The summed E-state index contributed by atoms with van der Waals surface area (Å²) in [7, 11) is 0. The van der Waals surface area contributed by atoms with E-state index in [2.05, 4.69) is 6.07 Å². The van der Waals surface area contributed by atoms with Crippen LogP contribution in [0.5, 0.6) is 0 Å². The Morgan fingerprint density at radius 3 is 2.75 bits per heavy atom. The zero-order valence-electron chi connectivity index (χ0n) is 7.38. The number of nitrogens with two attached hydrogens (primary N) is 1. The Morgan fingerprint density at radius 2 is 2.17 bits per heavy atom. The highest BCUT2D eigenvalue weighted by atomic mass is 16.2. The minimum atomic E-state index is 0.244. The van der Waals surface area contributed by atoms with Crippen LogP contribution in [0.25, 0.3) is 0 Å². The summed E-state index contributed by atoms with van der Waals surface area (Å²) >= 11 is 0. The van der Waals surface area contributed by atoms with Crippen molar-refractivity contribution >= 4 is 5.69 Å². The molecule has 1 rings (SSSR count). The van der Waals surface area contributed by atoms with Gasteiger partial charge in [0.25, 0.3) is 0 Å². The van der Waals surface area contributed by atoms with Crippen LogP contribution < -0.4 is 5.73 Å². The number of anilines is 1. The fraction of sp³-hybridized carbons (Fsp3) is 0.400. The van der Waals surface area contributed by atoms with Crippen molar-refractivity contribution in [1.82, 2.24) is 0 Å². The lowest BCUT2D eigenvalue weighted by atomic mass is 10.1. The van der Waals surface area contributed by atoms with Crippen LogP contribution in [-0.4, -0.2) is 11.7 Å². The van der Waals surface area contributed by atoms with Gasteiger partial charge in [0, 0.05) is 12.3 Å². The molecule has 3 N–H and O–H groups in total. The van der Waals surface area contributed by atoms with Crippen molar-refractivity contribution in [2.45, 2.75) is 19.8 Å². The highest BCUT2D eigenvalue weighted by molar-refractivity contribution is 5.48. The van der Waals surface area contributed by atoms with Crippen LogP contribution >= 0.6 is 0 Å². The molecule has 0 unspecified atom stereocenters. The lowest BCUT2D eigenvalue weighted by molar-refractivity contribution is 0.288. The van der Waals surface area contributed by atoms with E-state index in [1.165, 1.54) is 5.56 Å². The third-order valence-electron chi connectivity index (χ3n) is 1.97. The number of rotatable bonds is 3. The van der Waals surface area contributed by atoms with Gasteiger partial charge in [0.05, 0.1) is 0 Å². The number of benzene rings is 1. The van der Waals surface area contributed by atoms with Gasteiger partial charge in [0.1, 0.15) is 0 Å². The largest absolute Gasteiger partial charge is 0.399 e. The van der Waals surface area contributed by atoms with E-state index in [1.807, 2.05) is 19.1 Å². The van der Waals surface area contributed by atoms with Gasteiger partial charge in [0.2, 0.25) is 0 Å². The van der Waals surface area contributed by atoms with E-state index in [0.29, 0.717) is 0 Å². The highest BCUT2D eigenvalue weighted by Gasteiger charge is 1.95. The molecule has 2 nitrogen and oxygen atoms in total. The van der Waals surface area contributed by atoms with E-state index >= 15 is 0 Å². The van der Waals surface area contributed by atoms with Crippen LogP contribution in [-0.2, 0) is 6.42 Å². The second-order valence-corrected chi connectivity index (χ2v) is 3.02. The number of aryl methyl sites for hydroxylation is 2. The first-order valence-electron chi connectivity index (χ1n) is 4.20. The fourth-order valence-corrected chi connectivity index (χ4v) is 1.13. The molecule has 0 aliphatic rings. The summed E-state index contributed by atoms with van der Waals surface area (Å²) in [5, 5.41) is 8.62. The normalized spacial score (nSPS) is 10.2. The van der Waals surface area contributed by atoms with E-state index in [1.54, 1.807) is 0 Å². The molecule has 66 valence electrons. The predicted molar refractivity (Wildman–Crippen MR) is 51.0 cm³/mol. The number of aliphatic hydroxyl groups excluding tert-OH is 1. The molecule has 1 aromatic carbocycles. The third-order valence-corrected chi connectivity index (χ3v) is 1.97. The fourth-order valence-electron chi connectivity index (χ4n) is 1.13. The summed E-state index contributed by atoms with van der Waals surface area (Å²) < 4.78 is 0. The first kappa shape index (κ1) is 9.07. The van der Waals surface area contributed by atoms with Crippen molar-refractivity contribution in [1.29, 1.82) is 0 Å². The van der Waals surface area contributed by atoms with E-state index in [4.69, 9.17) is 10.8 Å². The van der Waals surface area contributed by atoms with Gasteiger partial charge < -0.3 is 10.8 Å². The van der Waals surface area contributed by atoms with Crippen LogP contribution in [0.1, 0.15) is 17.5 Å². The molecule has 0 bridgehead atoms. The van der Waals surface area contributed by atoms with E-state index in [9.17, 15) is 0 Å². The second kappa shape index (κ2) is 4.12. The SMILES string of the molecule is Cc1ccc(CCCO)cc1N. The Hall–Kier alpha value is -1.02. The molecule has 12 heavy (non-hydrogen) atoms. The first-order chi connectivity index (χ1) is 5.74. The molecule has 0 atom stereocenters. The second-order valence-electron chi connectivity index (χ2n) is 3.02. The smallest absolute Gasteiger partial charge is 0.0434 e. The molecule has 0 radical (unpaired) electrons. The van der Waals surface area contributed by atoms with E-state index in [-0.39, 0.29) is 6.61 Å². The molecular weight excluding hydrogens is 150 g/mol. The third kappa shape index (κ3) is 2.24. The molecule has 0 heterocycles. The Labute approximate surface area is 73.0 Å². The maximum Gasteiger partial charge on any atom is 0.0434 e. The molecule has 0 aliphatic carbocycles. The maximum atomic E-state index is 8.62. The van der Waals surface area contributed by atoms with Crippen molar-refractivity contribution < 1.29 is 5.11 Å². The van der Waals surface area contributed by atoms with Crippen LogP contribution in [0.2, 0.25) is 0 Å². The van der Waals surface area contributed by atoms with Crippen molar-refractivity contribution in [2.24, 2.45) is 0 Å². The number of hydrogen-bond acceptors (Lipinski definition) is 2. The van der Waals surface area contributed by atoms with Gasteiger partial charge in [-0.25, -0.2) is 0 Å². The molecule has 0 aromatic heterocycles. The molecule has 0 spiro atoms. The Bertz CT molecular complexity index is 258. The zero-order valence-corrected chi connectivity index (χ0v) is 7.38. The molecular formula is C10H15NO. The van der Waals surface area contributed by atoms with Crippen LogP contribution in [0.3, 0.4) is 0 Å². The molecule has 0 aliphatic heterocycles. The Kier molecular flexibility index (Phi) is 3.11. The summed E-state index contributed by atoms with van der Waals surface area (Å²) in [5.41, 5.74) is 8.88. The van der Waals surface area contributed by atoms with E-state index in [0.717, 1.165) is 24.1 Å². The van der Waals surface area contributed by atoms with Gasteiger partial charge >= 0.3 is 0 Å². The number of hydrogen-bond donors (Lipinski definition) is 2. The molecule has 2 heteroatoms. The van der Waals surface area contributed by atoms with Crippen LogP contribution in [0.4, 0.5) is 5.69 Å². The first-order valence-corrected chi connectivity index (χ1v) is 4.20. The van der Waals surface area contributed by atoms with Gasteiger partial charge in [-0.2, -0.15) is 0 Å². The molecule has 0 fully saturated rings. The lowest BCUT2D eigenvalue weighted by Crippen LogP contribution is -1.94. The van der Waals surface area contributed by atoms with Gasteiger partial charge in [-0.1, -0.05) is 12.1 Å². The van der Waals surface area contributed by atoms with Crippen LogP contribution in [0, 0.1) is 6.92 Å². The van der Waals surface area contributed by atoms with Gasteiger partial charge in [-0.05, 0) is 37.0 Å². The summed E-state index contributed by atoms with van der Waals surface area (Å²) in [6, 6.07) is 6.05. The molecule has 1 aromatic rings. The standard InChI is InChI=1S/C10H15NO/c1-8-4-5-9(3-2-6-12)7-10(8)11/h4-5,7,12H,2-3,6,11H2,1H3. The average Bonchev–Trinajstić information content (AvgIpc) is 2.07. The summed E-state index contributed by atoms with van der Waals surface area (Å²) in [6.07, 6.45) is 1.71. The predicted octanol–water partition coefficient (Wildman–Crippen LogP) is 1.50. The van der Waals surface area contributed by atoms with Gasteiger partial charge in [-0.3, -0.25) is 0 Å². The van der Waals surface area contributed by atoms with Crippen molar-refractivity contribution in [3.63, 3.8) is 0 Å². The Balaban J connectivity index is 2.69. The summed E-state index contributed by atoms with van der Waals surface area (Å²) in [5.74, 6) is 0. The summed E-state index contributed by atoms with van der Waals surface area (Å²) in [6.45, 7) is 2.24. The number of nitrogen functional groups attached to an aromatic ring is 1. The summed E-state index contributed by atoms with van der Waals surface area (Å²) in [4.78, 5) is 0. The van der Waals surface area contributed by atoms with Crippen molar-refractivity contribution in [3.8, 4) is 0 Å². The minimum absolute atomic E-state index is 0.244. The maximum absolute atomic E-state index is 8.62. The molecule has 0 amide bonds.